The molecule has 3 N–H and O–H groups in total. The number of imide groups is 1. The summed E-state index contributed by atoms with van der Waals surface area (Å²) >= 11 is 0. The Morgan fingerprint density at radius 1 is 1.07 bits per heavy atom. The summed E-state index contributed by atoms with van der Waals surface area (Å²) in [7, 11) is 0. The number of amides is 4. The van der Waals surface area contributed by atoms with E-state index in [1.165, 1.54) is 12.1 Å². The van der Waals surface area contributed by atoms with Gasteiger partial charge in [-0.3, -0.25) is 14.4 Å². The number of nitrogens with one attached hydrogen (secondary N) is 1. The zero-order chi connectivity index (χ0) is 28.4. The van der Waals surface area contributed by atoms with Crippen LogP contribution in [0.2, 0.25) is 0 Å². The normalized spacial score (nSPS) is 24.1. The maximum Gasteiger partial charge on any atom is 0.418 e. The lowest BCUT2D eigenvalue weighted by atomic mass is 9.94. The average molecular weight is 549 g/mol. The van der Waals surface area contributed by atoms with Gasteiger partial charge in [-0.1, -0.05) is 12.1 Å². The van der Waals surface area contributed by atoms with E-state index in [0.717, 1.165) is 34.4 Å². The van der Waals surface area contributed by atoms with Gasteiger partial charge in [0.25, 0.3) is 5.91 Å². The van der Waals surface area contributed by atoms with Crippen LogP contribution in [0.3, 0.4) is 0 Å². The summed E-state index contributed by atoms with van der Waals surface area (Å²) < 4.78 is 19.6. The molecule has 4 aliphatic rings. The third-order valence-electron chi connectivity index (χ3n) is 8.60. The van der Waals surface area contributed by atoms with Gasteiger partial charge in [0.1, 0.15) is 12.4 Å². The predicted molar refractivity (Wildman–Crippen MR) is 143 cm³/mol. The second kappa shape index (κ2) is 9.40. The molecule has 210 valence electrons. The van der Waals surface area contributed by atoms with Gasteiger partial charge in [-0.25, -0.2) is 14.1 Å². The molecule has 2 aromatic rings. The lowest BCUT2D eigenvalue weighted by Gasteiger charge is -2.31. The fourth-order valence-electron chi connectivity index (χ4n) is 6.23. The van der Waals surface area contributed by atoms with E-state index in [0.29, 0.717) is 43.0 Å². The molecule has 4 amide bonds. The Morgan fingerprint density at radius 3 is 2.58 bits per heavy atom. The Labute approximate surface area is 231 Å². The minimum atomic E-state index is -1.48. The van der Waals surface area contributed by atoms with Crippen molar-refractivity contribution in [2.24, 2.45) is 11.7 Å². The quantitative estimate of drug-likeness (QED) is 0.591. The molecule has 2 heterocycles. The maximum atomic E-state index is 13.9. The molecule has 2 aromatic carbocycles. The highest BCUT2D eigenvalue weighted by Crippen LogP contribution is 2.46. The van der Waals surface area contributed by atoms with E-state index in [9.17, 15) is 23.6 Å². The topological polar surface area (TPSA) is 122 Å². The second-order valence-electron chi connectivity index (χ2n) is 12.0. The van der Waals surface area contributed by atoms with E-state index in [-0.39, 0.29) is 30.1 Å². The third kappa shape index (κ3) is 4.54. The summed E-state index contributed by atoms with van der Waals surface area (Å²) in [6, 6.07) is 9.73. The van der Waals surface area contributed by atoms with E-state index in [1.54, 1.807) is 43.0 Å². The number of nitrogens with two attached hydrogens (primary N) is 1. The first-order chi connectivity index (χ1) is 19.0. The highest BCUT2D eigenvalue weighted by molar-refractivity contribution is 6.06. The molecule has 40 heavy (non-hydrogen) atoms. The molecule has 2 atom stereocenters. The predicted octanol–water partition coefficient (Wildman–Crippen LogP) is 3.38. The fourth-order valence-corrected chi connectivity index (χ4v) is 6.23. The summed E-state index contributed by atoms with van der Waals surface area (Å²) in [5, 5.41) is 2.78. The minimum absolute atomic E-state index is 0.0232. The molecule has 0 aromatic heterocycles. The molecule has 2 aliphatic heterocycles. The Morgan fingerprint density at radius 2 is 1.85 bits per heavy atom. The number of fused-ring (bicyclic) bond motifs is 3. The summed E-state index contributed by atoms with van der Waals surface area (Å²) in [5.41, 5.74) is 6.99. The van der Waals surface area contributed by atoms with Crippen LogP contribution in [0.5, 0.6) is 0 Å². The van der Waals surface area contributed by atoms with Gasteiger partial charge < -0.3 is 20.7 Å². The van der Waals surface area contributed by atoms with Crippen LogP contribution in [0.1, 0.15) is 61.8 Å². The molecule has 2 aliphatic carbocycles. The largest absolute Gasteiger partial charge is 0.427 e. The Bertz CT molecular complexity index is 1430. The molecule has 1 saturated heterocycles. The average Bonchev–Trinajstić information content (AvgIpc) is 3.66. The number of anilines is 1. The van der Waals surface area contributed by atoms with Crippen molar-refractivity contribution in [3.8, 4) is 0 Å². The Kier molecular flexibility index (Phi) is 6.21. The van der Waals surface area contributed by atoms with Crippen molar-refractivity contribution in [3.05, 3.63) is 64.5 Å². The Balaban J connectivity index is 1.21. The van der Waals surface area contributed by atoms with Gasteiger partial charge in [0, 0.05) is 30.3 Å². The maximum absolute atomic E-state index is 13.9. The molecular formula is C30H33FN4O5. The summed E-state index contributed by atoms with van der Waals surface area (Å²) in [6.45, 7) is 3.12. The highest BCUT2D eigenvalue weighted by Gasteiger charge is 2.58. The van der Waals surface area contributed by atoms with Crippen LogP contribution in [0.15, 0.2) is 36.4 Å². The lowest BCUT2D eigenvalue weighted by molar-refractivity contribution is -0.143. The second-order valence-corrected chi connectivity index (χ2v) is 12.0. The van der Waals surface area contributed by atoms with Crippen LogP contribution in [0.25, 0.3) is 0 Å². The van der Waals surface area contributed by atoms with Crippen LogP contribution in [0.4, 0.5) is 14.9 Å². The van der Waals surface area contributed by atoms with E-state index in [2.05, 4.69) is 5.32 Å². The third-order valence-corrected chi connectivity index (χ3v) is 8.60. The number of carbonyl (C=O) groups is 4. The van der Waals surface area contributed by atoms with Crippen LogP contribution < -0.4 is 11.1 Å². The number of ether oxygens (including phenoxy) is 1. The smallest absolute Gasteiger partial charge is 0.418 e. The van der Waals surface area contributed by atoms with Gasteiger partial charge in [-0.2, -0.15) is 0 Å². The van der Waals surface area contributed by atoms with E-state index < -0.39 is 29.7 Å². The molecular weight excluding hydrogens is 515 g/mol. The standard InChI is InChI=1S/C30H33FN4O5/c1-29(2,32)26(37)33-22-8-9-23-19(14-22)11-12-30(23)27(38)35(28(39)40-30)16-25(36)34-15-20-5-7-21(31)13-18(20)6-10-24(34)17-3-4-17/h5,7-9,13-14,17,24H,3-4,6,10-12,15-16,32H2,1-2H3,(H,33,37)/t24-,30+/m0/s1. The van der Waals surface area contributed by atoms with Gasteiger partial charge in [-0.15, -0.1) is 0 Å². The summed E-state index contributed by atoms with van der Waals surface area (Å²) in [5.74, 6) is -1.15. The molecule has 2 fully saturated rings. The Hall–Kier alpha value is -3.79. The highest BCUT2D eigenvalue weighted by atomic mass is 19.1. The van der Waals surface area contributed by atoms with Crippen LogP contribution in [-0.2, 0) is 44.1 Å². The van der Waals surface area contributed by atoms with Gasteiger partial charge in [0.05, 0.1) is 5.54 Å². The number of halogens is 1. The number of carbonyl (C=O) groups excluding carboxylic acids is 4. The first-order valence-electron chi connectivity index (χ1n) is 13.8. The van der Waals surface area contributed by atoms with Gasteiger partial charge in [0.2, 0.25) is 17.4 Å². The molecule has 6 rings (SSSR count). The number of benzene rings is 2. The number of aryl methyl sites for hydroxylation is 2. The summed E-state index contributed by atoms with van der Waals surface area (Å²) in [4.78, 5) is 55.4. The zero-order valence-electron chi connectivity index (χ0n) is 22.7. The number of hydrogen-bond donors (Lipinski definition) is 2. The monoisotopic (exact) mass is 548 g/mol. The van der Waals surface area contributed by atoms with Crippen molar-refractivity contribution in [1.82, 2.24) is 9.80 Å². The molecule has 0 bridgehead atoms. The summed E-state index contributed by atoms with van der Waals surface area (Å²) in [6.07, 6.45) is 3.31. The van der Waals surface area contributed by atoms with Crippen molar-refractivity contribution in [2.45, 2.75) is 76.1 Å². The molecule has 9 nitrogen and oxygen atoms in total. The van der Waals surface area contributed by atoms with Gasteiger partial charge >= 0.3 is 6.09 Å². The van der Waals surface area contributed by atoms with Gasteiger partial charge in [0.15, 0.2) is 0 Å². The molecule has 1 spiro atoms. The van der Waals surface area contributed by atoms with Crippen molar-refractivity contribution < 1.29 is 28.3 Å². The minimum Gasteiger partial charge on any atom is -0.427 e. The number of hydrogen-bond acceptors (Lipinski definition) is 6. The van der Waals surface area contributed by atoms with Crippen LogP contribution in [0, 0.1) is 11.7 Å². The first-order valence-corrected chi connectivity index (χ1v) is 13.8. The zero-order valence-corrected chi connectivity index (χ0v) is 22.7. The van der Waals surface area contributed by atoms with E-state index in [4.69, 9.17) is 10.5 Å². The van der Waals surface area contributed by atoms with Crippen LogP contribution in [-0.4, -0.2) is 51.7 Å². The van der Waals surface area contributed by atoms with Crippen molar-refractivity contribution in [1.29, 1.82) is 0 Å². The molecule has 0 radical (unpaired) electrons. The lowest BCUT2D eigenvalue weighted by Crippen LogP contribution is -2.48. The first kappa shape index (κ1) is 26.4. The SMILES string of the molecule is CC(C)(N)C(=O)Nc1ccc2c(c1)CC[C@@]21OC(=O)N(CC(=O)N2Cc3ccc(F)cc3CC[C@H]2C2CC2)C1=O. The number of nitrogens with zero attached hydrogens (tertiary/aromatic N) is 2. The molecule has 0 unspecified atom stereocenters. The van der Waals surface area contributed by atoms with Gasteiger partial charge in [-0.05, 0) is 92.8 Å². The number of rotatable bonds is 5. The van der Waals surface area contributed by atoms with Crippen molar-refractivity contribution in [3.63, 3.8) is 0 Å². The van der Waals surface area contributed by atoms with Crippen molar-refractivity contribution >= 4 is 29.5 Å². The molecule has 1 saturated carbocycles. The fraction of sp³-hybridized carbons (Fsp3) is 0.467. The molecule has 10 heteroatoms. The van der Waals surface area contributed by atoms with E-state index in [1.807, 2.05) is 0 Å². The van der Waals surface area contributed by atoms with E-state index >= 15 is 0 Å². The van der Waals surface area contributed by atoms with Crippen molar-refractivity contribution in [2.75, 3.05) is 11.9 Å². The van der Waals surface area contributed by atoms with Crippen LogP contribution >= 0.6 is 0 Å².